The number of hydrogen-bond donors (Lipinski definition) is 0. The van der Waals surface area contributed by atoms with Gasteiger partial charge in [0.05, 0.1) is 11.1 Å². The Hall–Kier alpha value is -2.62. The monoisotopic (exact) mass is 366 g/mol. The number of benzene rings is 2. The van der Waals surface area contributed by atoms with E-state index in [0.717, 1.165) is 12.8 Å². The molecular weight excluding hydrogens is 340 g/mol. The molecule has 1 aliphatic rings. The lowest BCUT2D eigenvalue weighted by molar-refractivity contribution is -0.0589. The average molecular weight is 366 g/mol. The zero-order chi connectivity index (χ0) is 19.2. The highest BCUT2D eigenvalue weighted by Crippen LogP contribution is 2.35. The van der Waals surface area contributed by atoms with Crippen LogP contribution in [0.5, 0.6) is 0 Å². The van der Waals surface area contributed by atoms with Crippen LogP contribution in [0.1, 0.15) is 53.8 Å². The molecule has 0 amide bonds. The summed E-state index contributed by atoms with van der Waals surface area (Å²) in [4.78, 5) is 24.9. The number of esters is 2. The minimum atomic E-state index is -0.324. The Morgan fingerprint density at radius 1 is 0.815 bits per heavy atom. The van der Waals surface area contributed by atoms with Crippen LogP contribution in [-0.2, 0) is 9.47 Å². The molecule has 4 atom stereocenters. The van der Waals surface area contributed by atoms with Gasteiger partial charge in [-0.05, 0) is 48.9 Å². The van der Waals surface area contributed by atoms with Crippen LogP contribution in [0.4, 0.5) is 0 Å². The third-order valence-corrected chi connectivity index (χ3v) is 5.36. The highest BCUT2D eigenvalue weighted by molar-refractivity contribution is 5.90. The molecule has 0 N–H and O–H groups in total. The normalized spacial score (nSPS) is 24.8. The van der Waals surface area contributed by atoms with Gasteiger partial charge in [-0.25, -0.2) is 9.59 Å². The molecular formula is C23H26O4. The van der Waals surface area contributed by atoms with Gasteiger partial charge < -0.3 is 9.47 Å². The van der Waals surface area contributed by atoms with Crippen molar-refractivity contribution in [1.82, 2.24) is 0 Å². The fourth-order valence-corrected chi connectivity index (χ4v) is 3.73. The predicted molar refractivity (Wildman–Crippen MR) is 103 cm³/mol. The van der Waals surface area contributed by atoms with E-state index in [9.17, 15) is 9.59 Å². The van der Waals surface area contributed by atoms with Crippen LogP contribution in [0.2, 0.25) is 0 Å². The lowest BCUT2D eigenvalue weighted by Gasteiger charge is -2.38. The molecule has 1 saturated carbocycles. The molecule has 1 fully saturated rings. The van der Waals surface area contributed by atoms with Crippen LogP contribution in [0.25, 0.3) is 0 Å². The molecule has 0 radical (unpaired) electrons. The summed E-state index contributed by atoms with van der Waals surface area (Å²) < 4.78 is 11.6. The second-order valence-electron chi connectivity index (χ2n) is 7.24. The molecule has 2 aromatic carbocycles. The van der Waals surface area contributed by atoms with Crippen molar-refractivity contribution in [3.63, 3.8) is 0 Å². The van der Waals surface area contributed by atoms with Crippen LogP contribution in [0.3, 0.4) is 0 Å². The summed E-state index contributed by atoms with van der Waals surface area (Å²) in [5, 5.41) is 0. The molecule has 0 saturated heterocycles. The molecule has 0 spiro atoms. The maximum atomic E-state index is 12.5. The Morgan fingerprint density at radius 2 is 1.30 bits per heavy atom. The first-order chi connectivity index (χ1) is 13.1. The van der Waals surface area contributed by atoms with Gasteiger partial charge in [0.15, 0.2) is 0 Å². The first kappa shape index (κ1) is 19.2. The van der Waals surface area contributed by atoms with Crippen LogP contribution in [0, 0.1) is 11.8 Å². The number of carbonyl (C=O) groups is 2. The first-order valence-corrected chi connectivity index (χ1v) is 9.60. The van der Waals surface area contributed by atoms with Crippen molar-refractivity contribution in [2.75, 3.05) is 0 Å². The fourth-order valence-electron chi connectivity index (χ4n) is 3.73. The van der Waals surface area contributed by atoms with Crippen LogP contribution >= 0.6 is 0 Å². The molecule has 4 nitrogen and oxygen atoms in total. The Bertz CT molecular complexity index is 756. The van der Waals surface area contributed by atoms with Gasteiger partial charge in [-0.15, -0.1) is 0 Å². The van der Waals surface area contributed by atoms with Gasteiger partial charge in [0, 0.05) is 6.42 Å². The van der Waals surface area contributed by atoms with Gasteiger partial charge in [-0.2, -0.15) is 0 Å². The summed E-state index contributed by atoms with van der Waals surface area (Å²) in [7, 11) is 0. The zero-order valence-electron chi connectivity index (χ0n) is 15.8. The van der Waals surface area contributed by atoms with E-state index in [0.29, 0.717) is 17.5 Å². The minimum absolute atomic E-state index is 0.231. The molecule has 4 unspecified atom stereocenters. The maximum Gasteiger partial charge on any atom is 0.338 e. The molecule has 0 aliphatic heterocycles. The van der Waals surface area contributed by atoms with E-state index in [1.807, 2.05) is 36.4 Å². The van der Waals surface area contributed by atoms with E-state index >= 15 is 0 Å². The number of hydrogen-bond acceptors (Lipinski definition) is 4. The average Bonchev–Trinajstić information content (AvgIpc) is 2.71. The SMILES string of the molecule is CCC1CC(C)C(OC(=O)c2ccccc2)CC1OC(=O)c1ccccc1. The van der Waals surface area contributed by atoms with Crippen molar-refractivity contribution in [2.24, 2.45) is 11.8 Å². The Labute approximate surface area is 160 Å². The van der Waals surface area contributed by atoms with Crippen molar-refractivity contribution in [2.45, 2.75) is 45.3 Å². The highest BCUT2D eigenvalue weighted by atomic mass is 16.6. The van der Waals surface area contributed by atoms with Crippen LogP contribution in [0.15, 0.2) is 60.7 Å². The smallest absolute Gasteiger partial charge is 0.338 e. The number of carbonyl (C=O) groups excluding carboxylic acids is 2. The first-order valence-electron chi connectivity index (χ1n) is 9.60. The molecule has 3 rings (SSSR count). The molecule has 4 heteroatoms. The van der Waals surface area contributed by atoms with Crippen molar-refractivity contribution in [3.05, 3.63) is 71.8 Å². The predicted octanol–water partition coefficient (Wildman–Crippen LogP) is 4.89. The van der Waals surface area contributed by atoms with Crippen molar-refractivity contribution < 1.29 is 19.1 Å². The summed E-state index contributed by atoms with van der Waals surface area (Å²) in [6.07, 6.45) is 1.84. The molecule has 1 aliphatic carbocycles. The summed E-state index contributed by atoms with van der Waals surface area (Å²) in [6.45, 7) is 4.21. The molecule has 0 aromatic heterocycles. The summed E-state index contributed by atoms with van der Waals surface area (Å²) >= 11 is 0. The molecule has 27 heavy (non-hydrogen) atoms. The molecule has 0 heterocycles. The largest absolute Gasteiger partial charge is 0.458 e. The van der Waals surface area contributed by atoms with E-state index < -0.39 is 0 Å². The van der Waals surface area contributed by atoms with Crippen molar-refractivity contribution >= 4 is 11.9 Å². The summed E-state index contributed by atoms with van der Waals surface area (Å²) in [5.74, 6) is -0.133. The Balaban J connectivity index is 1.68. The van der Waals surface area contributed by atoms with E-state index in [4.69, 9.17) is 9.47 Å². The summed E-state index contributed by atoms with van der Waals surface area (Å²) in [6, 6.07) is 18.0. The quantitative estimate of drug-likeness (QED) is 0.707. The second-order valence-corrected chi connectivity index (χ2v) is 7.24. The maximum absolute atomic E-state index is 12.5. The molecule has 142 valence electrons. The van der Waals surface area contributed by atoms with E-state index in [-0.39, 0.29) is 36.0 Å². The third-order valence-electron chi connectivity index (χ3n) is 5.36. The van der Waals surface area contributed by atoms with Gasteiger partial charge in [0.2, 0.25) is 0 Å². The van der Waals surface area contributed by atoms with Gasteiger partial charge >= 0.3 is 11.9 Å². The number of ether oxygens (including phenoxy) is 2. The second kappa shape index (κ2) is 8.85. The topological polar surface area (TPSA) is 52.6 Å². The van der Waals surface area contributed by atoms with E-state index in [2.05, 4.69) is 13.8 Å². The van der Waals surface area contributed by atoms with Crippen LogP contribution in [-0.4, -0.2) is 24.1 Å². The fraction of sp³-hybridized carbons (Fsp3) is 0.391. The van der Waals surface area contributed by atoms with Crippen molar-refractivity contribution in [3.8, 4) is 0 Å². The van der Waals surface area contributed by atoms with Crippen molar-refractivity contribution in [1.29, 1.82) is 0 Å². The van der Waals surface area contributed by atoms with Gasteiger partial charge in [-0.3, -0.25) is 0 Å². The minimum Gasteiger partial charge on any atom is -0.458 e. The van der Waals surface area contributed by atoms with E-state index in [1.54, 1.807) is 24.3 Å². The lowest BCUT2D eigenvalue weighted by atomic mass is 9.77. The summed E-state index contributed by atoms with van der Waals surface area (Å²) in [5.41, 5.74) is 1.09. The van der Waals surface area contributed by atoms with Gasteiger partial charge in [0.1, 0.15) is 12.2 Å². The van der Waals surface area contributed by atoms with Gasteiger partial charge in [0.25, 0.3) is 0 Å². The standard InChI is InChI=1S/C23H26O4/c1-3-17-14-16(2)20(26-22(24)18-10-6-4-7-11-18)15-21(17)27-23(25)19-12-8-5-9-13-19/h4-13,16-17,20-21H,3,14-15H2,1-2H3. The number of rotatable bonds is 5. The Morgan fingerprint density at radius 3 is 1.78 bits per heavy atom. The lowest BCUT2D eigenvalue weighted by Crippen LogP contribution is -2.42. The van der Waals surface area contributed by atoms with Gasteiger partial charge in [-0.1, -0.05) is 50.2 Å². The molecule has 2 aromatic rings. The zero-order valence-corrected chi connectivity index (χ0v) is 15.8. The Kier molecular flexibility index (Phi) is 6.28. The molecule has 0 bridgehead atoms. The van der Waals surface area contributed by atoms with Crippen LogP contribution < -0.4 is 0 Å². The van der Waals surface area contributed by atoms with E-state index in [1.165, 1.54) is 0 Å². The third kappa shape index (κ3) is 4.76. The highest BCUT2D eigenvalue weighted by Gasteiger charge is 2.38.